The summed E-state index contributed by atoms with van der Waals surface area (Å²) in [7, 11) is 0. The fraction of sp³-hybridized carbons (Fsp3) is 0.773. The van der Waals surface area contributed by atoms with Crippen molar-refractivity contribution in [1.82, 2.24) is 0 Å². The van der Waals surface area contributed by atoms with Gasteiger partial charge in [-0.2, -0.15) is 0 Å². The van der Waals surface area contributed by atoms with Crippen LogP contribution < -0.4 is 0 Å². The van der Waals surface area contributed by atoms with Crippen LogP contribution in [0.15, 0.2) is 11.1 Å². The van der Waals surface area contributed by atoms with Crippen molar-refractivity contribution in [3.8, 4) is 0 Å². The minimum atomic E-state index is -1.22. The predicted octanol–water partition coefficient (Wildman–Crippen LogP) is 2.69. The molecule has 1 unspecified atom stereocenters. The summed E-state index contributed by atoms with van der Waals surface area (Å²) >= 11 is 0. The first-order valence-electron chi connectivity index (χ1n) is 10.5. The van der Waals surface area contributed by atoms with E-state index in [1.807, 2.05) is 20.8 Å². The summed E-state index contributed by atoms with van der Waals surface area (Å²) in [4.78, 5) is 36.7. The molecule has 0 spiro atoms. The average molecular weight is 408 g/mol. The maximum atomic E-state index is 12.8. The average Bonchev–Trinajstić information content (AvgIpc) is 2.92. The molecule has 2 aliphatic carbocycles. The fourth-order valence-electron chi connectivity index (χ4n) is 5.26. The van der Waals surface area contributed by atoms with E-state index in [0.29, 0.717) is 30.4 Å². The topological polar surface area (TPSA) is 99.1 Å². The minimum Gasteiger partial charge on any atom is -0.462 e. The normalized spacial score (nSPS) is 39.9. The van der Waals surface area contributed by atoms with E-state index in [1.165, 1.54) is 6.92 Å². The second kappa shape index (κ2) is 7.42. The van der Waals surface area contributed by atoms with Crippen molar-refractivity contribution < 1.29 is 33.7 Å². The van der Waals surface area contributed by atoms with Crippen LogP contribution >= 0.6 is 0 Å². The van der Waals surface area contributed by atoms with E-state index in [2.05, 4.69) is 0 Å². The Balaban J connectivity index is 2.10. The Morgan fingerprint density at radius 3 is 2.59 bits per heavy atom. The SMILES string of the molecule is CCC(C)C(=O)O[C@@H]1C2=C(C)C(=O)O[C@H]2C[C@@]2(O)CC[C@H](OC(C)=O)[C@H](C)[C@@]12C. The molecule has 3 aliphatic rings. The minimum absolute atomic E-state index is 0.246. The Morgan fingerprint density at radius 2 is 2.00 bits per heavy atom. The van der Waals surface area contributed by atoms with Gasteiger partial charge in [-0.15, -0.1) is 0 Å². The van der Waals surface area contributed by atoms with Gasteiger partial charge in [0.1, 0.15) is 18.3 Å². The van der Waals surface area contributed by atoms with Gasteiger partial charge in [-0.05, 0) is 26.2 Å². The van der Waals surface area contributed by atoms with Gasteiger partial charge in [-0.3, -0.25) is 9.59 Å². The zero-order valence-electron chi connectivity index (χ0n) is 18.1. The fourth-order valence-corrected chi connectivity index (χ4v) is 5.26. The second-order valence-corrected chi connectivity index (χ2v) is 9.09. The van der Waals surface area contributed by atoms with Crippen LogP contribution in [0, 0.1) is 17.3 Å². The Morgan fingerprint density at radius 1 is 1.34 bits per heavy atom. The molecule has 162 valence electrons. The molecule has 3 rings (SSSR count). The monoisotopic (exact) mass is 408 g/mol. The number of rotatable bonds is 4. The summed E-state index contributed by atoms with van der Waals surface area (Å²) in [5.74, 6) is -1.80. The molecule has 7 heteroatoms. The molecule has 0 aromatic rings. The van der Waals surface area contributed by atoms with Crippen LogP contribution in [0.2, 0.25) is 0 Å². The van der Waals surface area contributed by atoms with E-state index in [1.54, 1.807) is 13.8 Å². The molecule has 0 radical (unpaired) electrons. The zero-order valence-corrected chi connectivity index (χ0v) is 18.1. The molecule has 7 atom stereocenters. The smallest absolute Gasteiger partial charge is 0.334 e. The number of carbonyl (C=O) groups excluding carboxylic acids is 3. The maximum Gasteiger partial charge on any atom is 0.334 e. The molecule has 7 nitrogen and oxygen atoms in total. The number of ether oxygens (including phenoxy) is 3. The lowest BCUT2D eigenvalue weighted by Gasteiger charge is -2.60. The lowest BCUT2D eigenvalue weighted by Crippen LogP contribution is -2.68. The van der Waals surface area contributed by atoms with Crippen molar-refractivity contribution in [3.05, 3.63) is 11.1 Å². The molecule has 0 amide bonds. The summed E-state index contributed by atoms with van der Waals surface area (Å²) in [6, 6.07) is 0. The van der Waals surface area contributed by atoms with Crippen LogP contribution in [0.25, 0.3) is 0 Å². The van der Waals surface area contributed by atoms with Crippen LogP contribution in [0.5, 0.6) is 0 Å². The molecule has 2 fully saturated rings. The van der Waals surface area contributed by atoms with Gasteiger partial charge in [0.25, 0.3) is 0 Å². The Labute approximate surface area is 171 Å². The number of esters is 3. The molecule has 1 aliphatic heterocycles. The second-order valence-electron chi connectivity index (χ2n) is 9.09. The van der Waals surface area contributed by atoms with E-state index in [-0.39, 0.29) is 30.2 Å². The number of hydrogen-bond acceptors (Lipinski definition) is 7. The van der Waals surface area contributed by atoms with Gasteiger partial charge in [0.15, 0.2) is 0 Å². The van der Waals surface area contributed by atoms with Gasteiger partial charge >= 0.3 is 17.9 Å². The first-order valence-corrected chi connectivity index (χ1v) is 10.5. The Kier molecular flexibility index (Phi) is 5.58. The number of aliphatic hydroxyl groups is 1. The summed E-state index contributed by atoms with van der Waals surface area (Å²) in [6.07, 6.45) is -0.106. The Bertz CT molecular complexity index is 756. The summed E-state index contributed by atoms with van der Waals surface area (Å²) < 4.78 is 17.1. The number of carbonyl (C=O) groups is 3. The number of fused-ring (bicyclic) bond motifs is 2. The van der Waals surface area contributed by atoms with E-state index in [4.69, 9.17) is 14.2 Å². The first kappa shape index (κ1) is 21.8. The molecule has 0 bridgehead atoms. The van der Waals surface area contributed by atoms with Crippen LogP contribution in [0.4, 0.5) is 0 Å². The third-order valence-electron chi connectivity index (χ3n) is 7.60. The van der Waals surface area contributed by atoms with Crippen LogP contribution in [-0.4, -0.2) is 46.9 Å². The molecule has 2 saturated carbocycles. The van der Waals surface area contributed by atoms with Crippen molar-refractivity contribution in [1.29, 1.82) is 0 Å². The predicted molar refractivity (Wildman–Crippen MR) is 104 cm³/mol. The lowest BCUT2D eigenvalue weighted by molar-refractivity contribution is -0.241. The van der Waals surface area contributed by atoms with E-state index >= 15 is 0 Å². The lowest BCUT2D eigenvalue weighted by atomic mass is 9.49. The Hall–Kier alpha value is -1.89. The quantitative estimate of drug-likeness (QED) is 0.564. The van der Waals surface area contributed by atoms with Gasteiger partial charge in [0.2, 0.25) is 0 Å². The highest BCUT2D eigenvalue weighted by molar-refractivity contribution is 5.92. The van der Waals surface area contributed by atoms with Crippen LogP contribution in [0.3, 0.4) is 0 Å². The largest absolute Gasteiger partial charge is 0.462 e. The van der Waals surface area contributed by atoms with E-state index < -0.39 is 35.3 Å². The molecule has 29 heavy (non-hydrogen) atoms. The molecule has 0 aromatic carbocycles. The first-order chi connectivity index (χ1) is 13.5. The number of hydrogen-bond donors (Lipinski definition) is 1. The molecular weight excluding hydrogens is 376 g/mol. The van der Waals surface area contributed by atoms with Gasteiger partial charge in [-0.25, -0.2) is 4.79 Å². The highest BCUT2D eigenvalue weighted by atomic mass is 16.6. The summed E-state index contributed by atoms with van der Waals surface area (Å²) in [5, 5.41) is 11.7. The third kappa shape index (κ3) is 3.27. The van der Waals surface area contributed by atoms with Crippen molar-refractivity contribution in [3.63, 3.8) is 0 Å². The van der Waals surface area contributed by atoms with Gasteiger partial charge in [-0.1, -0.05) is 27.7 Å². The molecule has 1 heterocycles. The van der Waals surface area contributed by atoms with Crippen molar-refractivity contribution in [2.45, 2.75) is 91.1 Å². The molecule has 0 saturated heterocycles. The maximum absolute atomic E-state index is 12.8. The van der Waals surface area contributed by atoms with E-state index in [9.17, 15) is 19.5 Å². The van der Waals surface area contributed by atoms with E-state index in [0.717, 1.165) is 0 Å². The van der Waals surface area contributed by atoms with Gasteiger partial charge < -0.3 is 19.3 Å². The van der Waals surface area contributed by atoms with Crippen LogP contribution in [-0.2, 0) is 28.6 Å². The molecule has 1 N–H and O–H groups in total. The third-order valence-corrected chi connectivity index (χ3v) is 7.60. The van der Waals surface area contributed by atoms with Crippen molar-refractivity contribution in [2.24, 2.45) is 17.3 Å². The van der Waals surface area contributed by atoms with Crippen molar-refractivity contribution >= 4 is 17.9 Å². The summed E-state index contributed by atoms with van der Waals surface area (Å²) in [5.41, 5.74) is -1.09. The van der Waals surface area contributed by atoms with Crippen LogP contribution in [0.1, 0.15) is 67.2 Å². The zero-order chi connectivity index (χ0) is 21.7. The molecular formula is C22H32O7. The highest BCUT2D eigenvalue weighted by Gasteiger charge is 2.67. The standard InChI is InChI=1S/C22H32O7/c1-7-11(2)19(24)29-18-17-12(3)20(25)28-16(17)10-22(26)9-8-15(27-14(5)23)13(4)21(18,22)6/h11,13,15-16,18,26H,7-10H2,1-6H3/t11?,13-,15-,16-,18+,21-,22-/m0/s1. The highest BCUT2D eigenvalue weighted by Crippen LogP contribution is 2.60. The van der Waals surface area contributed by atoms with Gasteiger partial charge in [0.05, 0.1) is 11.5 Å². The summed E-state index contributed by atoms with van der Waals surface area (Å²) in [6.45, 7) is 10.5. The van der Waals surface area contributed by atoms with Gasteiger partial charge in [0, 0.05) is 35.8 Å². The molecule has 0 aromatic heterocycles. The van der Waals surface area contributed by atoms with Crippen molar-refractivity contribution in [2.75, 3.05) is 0 Å².